The van der Waals surface area contributed by atoms with Crippen molar-refractivity contribution in [1.29, 1.82) is 0 Å². The average molecular weight is 614 g/mol. The molecule has 8 rings (SSSR count). The second kappa shape index (κ2) is 10.8. The lowest BCUT2D eigenvalue weighted by Crippen LogP contribution is -2.62. The molecule has 1 unspecified atom stereocenters. The molecule has 4 aromatic carbocycles. The van der Waals surface area contributed by atoms with E-state index in [4.69, 9.17) is 4.74 Å². The maximum absolute atomic E-state index is 15.1. The average Bonchev–Trinajstić information content (AvgIpc) is 3.56. The first-order valence-corrected chi connectivity index (χ1v) is 15.3. The molecule has 0 spiro atoms. The van der Waals surface area contributed by atoms with Gasteiger partial charge in [-0.05, 0) is 63.9 Å². The number of halogens is 2. The van der Waals surface area contributed by atoms with Crippen molar-refractivity contribution in [1.82, 2.24) is 9.58 Å². The Hall–Kier alpha value is -5.50. The van der Waals surface area contributed by atoms with Crippen molar-refractivity contribution in [3.63, 3.8) is 0 Å². The number of aromatic nitrogens is 1. The Morgan fingerprint density at radius 1 is 0.783 bits per heavy atom. The van der Waals surface area contributed by atoms with Crippen LogP contribution in [0.15, 0.2) is 120 Å². The third-order valence-electron chi connectivity index (χ3n) is 9.28. The number of nitrogens with zero attached hydrogens (tertiary/aromatic N) is 3. The number of hydrogen-bond acceptors (Lipinski definition) is 4. The zero-order valence-electron chi connectivity index (χ0n) is 24.8. The van der Waals surface area contributed by atoms with E-state index in [1.807, 2.05) is 89.9 Å². The van der Waals surface area contributed by atoms with Crippen molar-refractivity contribution in [2.75, 3.05) is 18.2 Å². The van der Waals surface area contributed by atoms with Gasteiger partial charge in [-0.15, -0.1) is 0 Å². The number of amides is 1. The summed E-state index contributed by atoms with van der Waals surface area (Å²) in [7, 11) is 0. The summed E-state index contributed by atoms with van der Waals surface area (Å²) in [5, 5.41) is 2.00. The minimum absolute atomic E-state index is 0.0533. The molecule has 0 fully saturated rings. The third kappa shape index (κ3) is 4.28. The van der Waals surface area contributed by atoms with E-state index in [1.54, 1.807) is 15.8 Å². The molecule has 228 valence electrons. The minimum atomic E-state index is -1.06. The van der Waals surface area contributed by atoms with Gasteiger partial charge < -0.3 is 9.64 Å². The van der Waals surface area contributed by atoms with E-state index in [0.717, 1.165) is 27.8 Å². The van der Waals surface area contributed by atoms with Gasteiger partial charge in [0.15, 0.2) is 23.1 Å². The van der Waals surface area contributed by atoms with E-state index < -0.39 is 22.6 Å². The van der Waals surface area contributed by atoms with Gasteiger partial charge in [0.2, 0.25) is 5.43 Å². The van der Waals surface area contributed by atoms with E-state index in [0.29, 0.717) is 30.5 Å². The van der Waals surface area contributed by atoms with Crippen LogP contribution in [0.4, 0.5) is 8.78 Å². The number of pyridine rings is 1. The van der Waals surface area contributed by atoms with Crippen molar-refractivity contribution in [2.45, 2.75) is 25.0 Å². The highest BCUT2D eigenvalue weighted by Gasteiger charge is 2.55. The van der Waals surface area contributed by atoms with Gasteiger partial charge in [-0.1, -0.05) is 91.0 Å². The maximum atomic E-state index is 15.1. The van der Waals surface area contributed by atoms with Gasteiger partial charge >= 0.3 is 0 Å². The number of benzene rings is 4. The maximum Gasteiger partial charge on any atom is 0.277 e. The van der Waals surface area contributed by atoms with E-state index in [2.05, 4.69) is 6.08 Å². The van der Waals surface area contributed by atoms with Gasteiger partial charge in [0, 0.05) is 18.8 Å². The lowest BCUT2D eigenvalue weighted by atomic mass is 9.83. The molecule has 46 heavy (non-hydrogen) atoms. The molecule has 2 aliphatic carbocycles. The van der Waals surface area contributed by atoms with Crippen LogP contribution in [0.1, 0.15) is 43.9 Å². The number of ether oxygens (including phenoxy) is 1. The minimum Gasteiger partial charge on any atom is -0.482 e. The summed E-state index contributed by atoms with van der Waals surface area (Å²) >= 11 is 0. The SMILES string of the molecule is O=C1c2c(OCc3ccccc3)c(=O)ccn2N(C23C(=Cc4ccccc42)Cc2cc(F)c(F)cc23)CN1CCc1ccccc1. The lowest BCUT2D eigenvalue weighted by Gasteiger charge is -2.49. The standard InChI is InChI=1S/C38H29F2N3O3/c39-32-21-28-20-29-19-27-13-7-8-14-30(27)38(29,31(28)22-33(32)40)43-24-41(17-15-25-9-3-1-4-10-25)37(45)35-36(34(44)16-18-42(35)43)46-23-26-11-5-2-6-12-26/h1-14,16,18-19,21-22H,15,17,20,23-24H2. The van der Waals surface area contributed by atoms with E-state index >= 15 is 4.39 Å². The third-order valence-corrected chi connectivity index (χ3v) is 9.28. The van der Waals surface area contributed by atoms with Crippen LogP contribution in [-0.4, -0.2) is 28.7 Å². The van der Waals surface area contributed by atoms with Crippen molar-refractivity contribution >= 4 is 12.0 Å². The van der Waals surface area contributed by atoms with Gasteiger partial charge in [-0.25, -0.2) is 8.78 Å². The molecule has 1 aromatic heterocycles. The molecule has 1 atom stereocenters. The van der Waals surface area contributed by atoms with Crippen LogP contribution in [0.5, 0.6) is 5.75 Å². The molecule has 3 aliphatic rings. The van der Waals surface area contributed by atoms with Crippen molar-refractivity contribution in [2.24, 2.45) is 0 Å². The Balaban J connectivity index is 1.33. The van der Waals surface area contributed by atoms with Crippen LogP contribution in [0.2, 0.25) is 0 Å². The molecule has 0 bridgehead atoms. The first kappa shape index (κ1) is 28.0. The molecule has 1 amide bonds. The van der Waals surface area contributed by atoms with E-state index in [9.17, 15) is 14.0 Å². The summed E-state index contributed by atoms with van der Waals surface area (Å²) < 4.78 is 37.6. The Kier molecular flexibility index (Phi) is 6.60. The van der Waals surface area contributed by atoms with Crippen LogP contribution in [0.25, 0.3) is 6.08 Å². The first-order valence-electron chi connectivity index (χ1n) is 15.3. The highest BCUT2D eigenvalue weighted by Crippen LogP contribution is 2.55. The summed E-state index contributed by atoms with van der Waals surface area (Å²) in [6.07, 6.45) is 4.65. The number of hydrogen-bond donors (Lipinski definition) is 0. The molecule has 8 heteroatoms. The highest BCUT2D eigenvalue weighted by molar-refractivity contribution is 5.96. The van der Waals surface area contributed by atoms with Crippen molar-refractivity contribution in [3.8, 4) is 5.75 Å². The van der Waals surface area contributed by atoms with Gasteiger partial charge in [0.25, 0.3) is 5.91 Å². The van der Waals surface area contributed by atoms with E-state index in [-0.39, 0.29) is 30.6 Å². The largest absolute Gasteiger partial charge is 0.482 e. The molecule has 0 saturated heterocycles. The predicted octanol–water partition coefficient (Wildman–Crippen LogP) is 6.20. The molecule has 6 nitrogen and oxygen atoms in total. The van der Waals surface area contributed by atoms with Crippen molar-refractivity contribution < 1.29 is 18.3 Å². The Labute approximate surface area is 264 Å². The fraction of sp³-hybridized carbons (Fsp3) is 0.158. The Bertz CT molecular complexity index is 2090. The van der Waals surface area contributed by atoms with Gasteiger partial charge in [0.1, 0.15) is 18.8 Å². The molecule has 1 aliphatic heterocycles. The van der Waals surface area contributed by atoms with Gasteiger partial charge in [0.05, 0.1) is 0 Å². The molecular weight excluding hydrogens is 584 g/mol. The summed E-state index contributed by atoms with van der Waals surface area (Å²) in [4.78, 5) is 29.6. The fourth-order valence-corrected chi connectivity index (χ4v) is 7.20. The zero-order valence-corrected chi connectivity index (χ0v) is 24.8. The Morgan fingerprint density at radius 3 is 2.26 bits per heavy atom. The second-order valence-corrected chi connectivity index (χ2v) is 11.9. The van der Waals surface area contributed by atoms with Gasteiger partial charge in [-0.2, -0.15) is 0 Å². The monoisotopic (exact) mass is 613 g/mol. The predicted molar refractivity (Wildman–Crippen MR) is 171 cm³/mol. The number of carbonyl (C=O) groups is 1. The summed E-state index contributed by atoms with van der Waals surface area (Å²) in [6, 6.07) is 31.2. The van der Waals surface area contributed by atoms with Crippen LogP contribution in [-0.2, 0) is 25.0 Å². The first-order chi connectivity index (χ1) is 22.4. The number of rotatable bonds is 7. The quantitative estimate of drug-likeness (QED) is 0.220. The molecule has 0 N–H and O–H groups in total. The zero-order chi connectivity index (χ0) is 31.4. The molecular formula is C38H29F2N3O3. The Morgan fingerprint density at radius 2 is 1.48 bits per heavy atom. The molecule has 2 heterocycles. The second-order valence-electron chi connectivity index (χ2n) is 11.9. The summed E-state index contributed by atoms with van der Waals surface area (Å²) in [5.41, 5.74) is 4.60. The van der Waals surface area contributed by atoms with Gasteiger partial charge in [-0.3, -0.25) is 19.3 Å². The molecule has 5 aromatic rings. The van der Waals surface area contributed by atoms with Crippen LogP contribution in [0, 0.1) is 11.6 Å². The fourth-order valence-electron chi connectivity index (χ4n) is 7.20. The van der Waals surface area contributed by atoms with Crippen LogP contribution < -0.4 is 15.2 Å². The summed E-state index contributed by atoms with van der Waals surface area (Å²) in [6.45, 7) is 0.586. The van der Waals surface area contributed by atoms with Crippen LogP contribution >= 0.6 is 0 Å². The smallest absolute Gasteiger partial charge is 0.277 e. The lowest BCUT2D eigenvalue weighted by molar-refractivity contribution is 0.0666. The van der Waals surface area contributed by atoms with Crippen LogP contribution in [0.3, 0.4) is 0 Å². The summed E-state index contributed by atoms with van der Waals surface area (Å²) in [5.74, 6) is -2.24. The normalized spacial score (nSPS) is 17.7. The number of carbonyl (C=O) groups excluding carboxylic acids is 1. The number of fused-ring (bicyclic) bond motifs is 6. The molecule has 0 saturated carbocycles. The van der Waals surface area contributed by atoms with Crippen molar-refractivity contribution in [3.05, 3.63) is 176 Å². The topological polar surface area (TPSA) is 54.8 Å². The molecule has 0 radical (unpaired) electrons. The highest BCUT2D eigenvalue weighted by atomic mass is 19.2. The van der Waals surface area contributed by atoms with E-state index in [1.165, 1.54) is 18.2 Å².